The Morgan fingerprint density at radius 3 is 2.22 bits per heavy atom. The highest BCUT2D eigenvalue weighted by atomic mass is 19.4. The number of ether oxygens (including phenoxy) is 1. The smallest absolute Gasteiger partial charge is 0.425 e. The highest BCUT2D eigenvalue weighted by molar-refractivity contribution is 6.63. The Bertz CT molecular complexity index is 875. The van der Waals surface area contributed by atoms with E-state index >= 15 is 0 Å². The minimum Gasteiger partial charge on any atom is -0.425 e. The summed E-state index contributed by atoms with van der Waals surface area (Å²) in [5.41, 5.74) is -2.75. The first-order valence-electron chi connectivity index (χ1n) is 8.24. The number of carbonyl (C=O) groups is 1. The number of fused-ring (bicyclic) bond motifs is 1. The van der Waals surface area contributed by atoms with Crippen molar-refractivity contribution in [1.29, 1.82) is 0 Å². The fourth-order valence-electron chi connectivity index (χ4n) is 2.68. The second-order valence-corrected chi connectivity index (χ2v) is 7.27. The summed E-state index contributed by atoms with van der Waals surface area (Å²) in [6.45, 7) is 7.02. The molecular weight excluding hydrogens is 366 g/mol. The number of alkyl halides is 3. The van der Waals surface area contributed by atoms with E-state index in [1.165, 1.54) is 19.2 Å². The highest BCUT2D eigenvalue weighted by Gasteiger charge is 2.53. The third kappa shape index (κ3) is 3.51. The third-order valence-electron chi connectivity index (χ3n) is 4.88. The van der Waals surface area contributed by atoms with Gasteiger partial charge in [0.15, 0.2) is 0 Å². The van der Waals surface area contributed by atoms with E-state index in [4.69, 9.17) is 18.5 Å². The number of benzene rings is 1. The third-order valence-corrected chi connectivity index (χ3v) is 4.88. The van der Waals surface area contributed by atoms with Crippen LogP contribution in [0.2, 0.25) is 0 Å². The van der Waals surface area contributed by atoms with Crippen LogP contribution in [-0.2, 0) is 15.5 Å². The van der Waals surface area contributed by atoms with Crippen LogP contribution in [0.25, 0.3) is 11.0 Å². The van der Waals surface area contributed by atoms with Crippen molar-refractivity contribution in [3.8, 4) is 5.95 Å². The molecule has 0 saturated carbocycles. The number of rotatable bonds is 2. The normalized spacial score (nSPS) is 18.7. The van der Waals surface area contributed by atoms with Gasteiger partial charge in [-0.05, 0) is 39.2 Å². The van der Waals surface area contributed by atoms with Gasteiger partial charge in [-0.15, -0.1) is 0 Å². The molecule has 2 heterocycles. The van der Waals surface area contributed by atoms with E-state index in [0.717, 1.165) is 6.07 Å². The predicted molar refractivity (Wildman–Crippen MR) is 92.0 cm³/mol. The Morgan fingerprint density at radius 2 is 1.70 bits per heavy atom. The Hall–Kier alpha value is -2.20. The van der Waals surface area contributed by atoms with E-state index in [0.29, 0.717) is 5.39 Å². The molecule has 1 saturated heterocycles. The lowest BCUT2D eigenvalue weighted by atomic mass is 9.75. The molecule has 1 aliphatic heterocycles. The number of halogens is 3. The van der Waals surface area contributed by atoms with Gasteiger partial charge in [-0.3, -0.25) is 0 Å². The summed E-state index contributed by atoms with van der Waals surface area (Å²) in [4.78, 5) is 11.3. The van der Waals surface area contributed by atoms with Crippen LogP contribution >= 0.6 is 0 Å². The zero-order valence-corrected chi connectivity index (χ0v) is 15.5. The first kappa shape index (κ1) is 19.6. The Balaban J connectivity index is 2.09. The van der Waals surface area contributed by atoms with Crippen LogP contribution in [-0.4, -0.2) is 31.5 Å². The molecule has 27 heavy (non-hydrogen) atoms. The van der Waals surface area contributed by atoms with Crippen molar-refractivity contribution in [2.24, 2.45) is 0 Å². The lowest BCUT2D eigenvalue weighted by Crippen LogP contribution is -2.41. The first-order valence-corrected chi connectivity index (χ1v) is 8.24. The van der Waals surface area contributed by atoms with Crippen molar-refractivity contribution in [2.45, 2.75) is 45.1 Å². The summed E-state index contributed by atoms with van der Waals surface area (Å²) in [6, 6.07) is 3.46. The van der Waals surface area contributed by atoms with Gasteiger partial charge in [0, 0.05) is 18.5 Å². The van der Waals surface area contributed by atoms with Crippen LogP contribution in [0.15, 0.2) is 22.6 Å². The maximum atomic E-state index is 13.6. The van der Waals surface area contributed by atoms with Crippen LogP contribution in [0.3, 0.4) is 0 Å². The maximum Gasteiger partial charge on any atom is 0.495 e. The number of nitrogens with one attached hydrogen (secondary N) is 1. The number of furan rings is 1. The number of carbonyl (C=O) groups excluding carboxylic acids is 1. The van der Waals surface area contributed by atoms with Crippen molar-refractivity contribution < 1.29 is 36.4 Å². The highest BCUT2D eigenvalue weighted by Crippen LogP contribution is 2.39. The van der Waals surface area contributed by atoms with E-state index in [1.54, 1.807) is 27.7 Å². The topological polar surface area (TPSA) is 69.9 Å². The average Bonchev–Trinajstić information content (AvgIpc) is 3.01. The molecule has 2 aromatic rings. The van der Waals surface area contributed by atoms with Gasteiger partial charge in [0.05, 0.1) is 16.8 Å². The average molecular weight is 385 g/mol. The number of amides is 1. The SMILES string of the molecule is CNC(=O)Oc1cc2cc(B3OC(C)(C)C(C)(C)O3)c(C(F)(F)F)cc2o1. The summed E-state index contributed by atoms with van der Waals surface area (Å²) in [6.07, 6.45) is -5.45. The van der Waals surface area contributed by atoms with Crippen LogP contribution < -0.4 is 15.5 Å². The van der Waals surface area contributed by atoms with Crippen LogP contribution in [0.5, 0.6) is 5.95 Å². The van der Waals surface area contributed by atoms with Gasteiger partial charge >= 0.3 is 19.4 Å². The van der Waals surface area contributed by atoms with Crippen molar-refractivity contribution in [3.05, 3.63) is 23.8 Å². The second kappa shape index (κ2) is 6.17. The van der Waals surface area contributed by atoms with E-state index in [9.17, 15) is 18.0 Å². The molecule has 1 aromatic heterocycles. The van der Waals surface area contributed by atoms with Gasteiger partial charge < -0.3 is 23.8 Å². The van der Waals surface area contributed by atoms with E-state index in [1.807, 2.05) is 0 Å². The molecule has 1 aliphatic rings. The predicted octanol–water partition coefficient (Wildman–Crippen LogP) is 3.47. The van der Waals surface area contributed by atoms with Crippen molar-refractivity contribution in [3.63, 3.8) is 0 Å². The van der Waals surface area contributed by atoms with Crippen molar-refractivity contribution in [2.75, 3.05) is 7.05 Å². The quantitative estimate of drug-likeness (QED) is 0.802. The fourth-order valence-corrected chi connectivity index (χ4v) is 2.68. The number of hydrogen-bond acceptors (Lipinski definition) is 5. The summed E-state index contributed by atoms with van der Waals surface area (Å²) in [5.74, 6) is -0.219. The summed E-state index contributed by atoms with van der Waals surface area (Å²) in [5, 5.41) is 2.55. The fraction of sp³-hybridized carbons (Fsp3) is 0.471. The maximum absolute atomic E-state index is 13.6. The summed E-state index contributed by atoms with van der Waals surface area (Å²) in [7, 11) is 0.151. The summed E-state index contributed by atoms with van der Waals surface area (Å²) < 4.78 is 62.5. The molecule has 0 spiro atoms. The summed E-state index contributed by atoms with van der Waals surface area (Å²) >= 11 is 0. The molecule has 6 nitrogen and oxygen atoms in total. The molecule has 1 amide bonds. The largest absolute Gasteiger partial charge is 0.495 e. The molecule has 0 radical (unpaired) electrons. The molecule has 0 bridgehead atoms. The zero-order valence-electron chi connectivity index (χ0n) is 15.5. The van der Waals surface area contributed by atoms with E-state index < -0.39 is 36.2 Å². The molecule has 1 aromatic carbocycles. The monoisotopic (exact) mass is 385 g/mol. The molecule has 1 fully saturated rings. The van der Waals surface area contributed by atoms with Crippen molar-refractivity contribution in [1.82, 2.24) is 5.32 Å². The molecule has 0 aliphatic carbocycles. The van der Waals surface area contributed by atoms with E-state index in [2.05, 4.69) is 5.32 Å². The zero-order chi connectivity index (χ0) is 20.2. The van der Waals surface area contributed by atoms with Gasteiger partial charge in [0.1, 0.15) is 5.58 Å². The van der Waals surface area contributed by atoms with Crippen molar-refractivity contribution >= 4 is 29.6 Å². The minimum atomic E-state index is -4.65. The molecule has 146 valence electrons. The molecule has 1 N–H and O–H groups in total. The lowest BCUT2D eigenvalue weighted by molar-refractivity contribution is -0.136. The molecule has 10 heteroatoms. The van der Waals surface area contributed by atoms with Gasteiger partial charge in [-0.2, -0.15) is 13.2 Å². The van der Waals surface area contributed by atoms with E-state index in [-0.39, 0.29) is 17.0 Å². The molecule has 0 atom stereocenters. The van der Waals surface area contributed by atoms with Crippen LogP contribution in [0.4, 0.5) is 18.0 Å². The second-order valence-electron chi connectivity index (χ2n) is 7.27. The van der Waals surface area contributed by atoms with Gasteiger partial charge in [0.25, 0.3) is 5.95 Å². The van der Waals surface area contributed by atoms with Crippen LogP contribution in [0, 0.1) is 0 Å². The standard InChI is InChI=1S/C17H19BF3NO5/c1-15(2)16(3,4)27-18(26-15)11-6-9-7-13(25-14(23)22-5)24-12(9)8-10(11)17(19,20)21/h6-8H,1-5H3,(H,22,23). The minimum absolute atomic E-state index is 0.0681. The Labute approximate surface area is 154 Å². The van der Waals surface area contributed by atoms with Crippen LogP contribution in [0.1, 0.15) is 33.3 Å². The Morgan fingerprint density at radius 1 is 1.11 bits per heavy atom. The van der Waals surface area contributed by atoms with Gasteiger partial charge in [-0.25, -0.2) is 4.79 Å². The molecule has 0 unspecified atom stereocenters. The van der Waals surface area contributed by atoms with Gasteiger partial charge in [-0.1, -0.05) is 6.07 Å². The molecule has 3 rings (SSSR count). The first-order chi connectivity index (χ1) is 12.3. The lowest BCUT2D eigenvalue weighted by Gasteiger charge is -2.32. The Kier molecular flexibility index (Phi) is 4.47. The number of hydrogen-bond donors (Lipinski definition) is 1. The molecular formula is C17H19BF3NO5. The van der Waals surface area contributed by atoms with Gasteiger partial charge in [0.2, 0.25) is 0 Å².